The maximum absolute atomic E-state index is 12.9. The molecule has 0 amide bonds. The van der Waals surface area contributed by atoms with Crippen molar-refractivity contribution in [3.05, 3.63) is 0 Å². The van der Waals surface area contributed by atoms with Crippen LogP contribution in [0.5, 0.6) is 0 Å². The van der Waals surface area contributed by atoms with E-state index in [1.165, 1.54) is 0 Å². The topological polar surface area (TPSA) is 74.2 Å². The highest BCUT2D eigenvalue weighted by Crippen LogP contribution is 2.37. The second-order valence-electron chi connectivity index (χ2n) is 7.40. The van der Waals surface area contributed by atoms with Gasteiger partial charge in [-0.3, -0.25) is 4.79 Å². The zero-order valence-corrected chi connectivity index (χ0v) is 16.8. The highest BCUT2D eigenvalue weighted by atomic mass is 16.7. The van der Waals surface area contributed by atoms with E-state index in [0.717, 1.165) is 0 Å². The van der Waals surface area contributed by atoms with Gasteiger partial charge in [0.1, 0.15) is 12.6 Å². The molecule has 0 aromatic rings. The minimum atomic E-state index is -0.743. The van der Waals surface area contributed by atoms with E-state index in [4.69, 9.17) is 18.9 Å². The van der Waals surface area contributed by atoms with Crippen molar-refractivity contribution in [2.24, 2.45) is 23.7 Å². The number of carbonyl (C=O) groups is 1. The van der Waals surface area contributed by atoms with Crippen molar-refractivity contribution in [2.75, 3.05) is 27.1 Å². The van der Waals surface area contributed by atoms with E-state index in [2.05, 4.69) is 0 Å². The van der Waals surface area contributed by atoms with Crippen molar-refractivity contribution in [1.82, 2.24) is 0 Å². The maximum atomic E-state index is 12.9. The molecule has 0 aromatic carbocycles. The summed E-state index contributed by atoms with van der Waals surface area (Å²) in [5.74, 6) is -1.77. The smallest absolute Gasteiger partial charge is 0.173 e. The van der Waals surface area contributed by atoms with Crippen molar-refractivity contribution in [3.8, 4) is 0 Å². The van der Waals surface area contributed by atoms with Gasteiger partial charge in [0.2, 0.25) is 0 Å². The number of Topliss-reactive ketones (excluding diaryl/α,β-unsaturated/α-hetero) is 1. The van der Waals surface area contributed by atoms with Crippen LogP contribution in [-0.2, 0) is 23.7 Å². The average Bonchev–Trinajstić information content (AvgIpc) is 3.09. The second kappa shape index (κ2) is 9.97. The molecule has 1 aliphatic rings. The number of ketones is 1. The summed E-state index contributed by atoms with van der Waals surface area (Å²) >= 11 is 0. The second-order valence-corrected chi connectivity index (χ2v) is 7.40. The molecule has 6 heteroatoms. The Labute approximate surface area is 152 Å². The van der Waals surface area contributed by atoms with Crippen LogP contribution in [0, 0.1) is 23.7 Å². The molecule has 1 saturated heterocycles. The van der Waals surface area contributed by atoms with Crippen molar-refractivity contribution >= 4 is 5.78 Å². The van der Waals surface area contributed by atoms with Crippen molar-refractivity contribution in [1.29, 1.82) is 0 Å². The van der Waals surface area contributed by atoms with Crippen molar-refractivity contribution in [3.63, 3.8) is 0 Å². The van der Waals surface area contributed by atoms with Gasteiger partial charge in [-0.1, -0.05) is 41.5 Å². The third-order valence-electron chi connectivity index (χ3n) is 5.42. The summed E-state index contributed by atoms with van der Waals surface area (Å²) in [5, 5.41) is 10.3. The largest absolute Gasteiger partial charge is 0.392 e. The van der Waals surface area contributed by atoms with E-state index < -0.39 is 29.8 Å². The van der Waals surface area contributed by atoms with Crippen LogP contribution >= 0.6 is 0 Å². The van der Waals surface area contributed by atoms with Gasteiger partial charge >= 0.3 is 0 Å². The molecule has 1 N–H and O–H groups in total. The first-order chi connectivity index (χ1) is 11.7. The summed E-state index contributed by atoms with van der Waals surface area (Å²) in [6, 6.07) is 0. The fourth-order valence-corrected chi connectivity index (χ4v) is 3.70. The lowest BCUT2D eigenvalue weighted by atomic mass is 9.78. The molecule has 1 aliphatic heterocycles. The summed E-state index contributed by atoms with van der Waals surface area (Å²) in [6.45, 7) is 12.6. The minimum Gasteiger partial charge on any atom is -0.392 e. The number of hydrogen-bond acceptors (Lipinski definition) is 6. The SMILES string of the molecule is CCC1(C(C)C(OCOC)C(C)C(=O)C(C)C(O)C(C)C)OCCO1. The van der Waals surface area contributed by atoms with Gasteiger partial charge in [-0.2, -0.15) is 0 Å². The highest BCUT2D eigenvalue weighted by Gasteiger charge is 2.47. The Morgan fingerprint density at radius 1 is 1.12 bits per heavy atom. The Balaban J connectivity index is 2.98. The van der Waals surface area contributed by atoms with Gasteiger partial charge in [-0.25, -0.2) is 0 Å². The lowest BCUT2D eigenvalue weighted by Crippen LogP contribution is -2.49. The molecular weight excluding hydrogens is 324 g/mol. The van der Waals surface area contributed by atoms with E-state index in [9.17, 15) is 9.90 Å². The van der Waals surface area contributed by atoms with Gasteiger partial charge < -0.3 is 24.1 Å². The summed E-state index contributed by atoms with van der Waals surface area (Å²) in [6.07, 6.45) is -0.425. The minimum absolute atomic E-state index is 0.0154. The summed E-state index contributed by atoms with van der Waals surface area (Å²) in [5.41, 5.74) is 0. The van der Waals surface area contributed by atoms with Crippen molar-refractivity contribution < 1.29 is 28.8 Å². The number of hydrogen-bond donors (Lipinski definition) is 1. The van der Waals surface area contributed by atoms with Crippen LogP contribution in [0.4, 0.5) is 0 Å². The van der Waals surface area contributed by atoms with Gasteiger partial charge in [-0.05, 0) is 12.3 Å². The molecule has 0 radical (unpaired) electrons. The van der Waals surface area contributed by atoms with Crippen LogP contribution in [0.15, 0.2) is 0 Å². The first-order valence-corrected chi connectivity index (χ1v) is 9.32. The fourth-order valence-electron chi connectivity index (χ4n) is 3.70. The van der Waals surface area contributed by atoms with Crippen molar-refractivity contribution in [2.45, 2.75) is 66.0 Å². The lowest BCUT2D eigenvalue weighted by molar-refractivity contribution is -0.234. The Morgan fingerprint density at radius 3 is 2.12 bits per heavy atom. The third-order valence-corrected chi connectivity index (χ3v) is 5.42. The van der Waals surface area contributed by atoms with Gasteiger partial charge in [0.05, 0.1) is 25.4 Å². The third kappa shape index (κ3) is 5.23. The number of ether oxygens (including phenoxy) is 4. The van der Waals surface area contributed by atoms with Crippen LogP contribution < -0.4 is 0 Å². The molecule has 1 fully saturated rings. The molecule has 1 heterocycles. The monoisotopic (exact) mass is 360 g/mol. The predicted octanol–water partition coefficient (Wildman–Crippen LogP) is 2.62. The van der Waals surface area contributed by atoms with Gasteiger partial charge in [0, 0.05) is 24.9 Å². The van der Waals surface area contributed by atoms with Crippen LogP contribution in [0.1, 0.15) is 48.0 Å². The molecule has 25 heavy (non-hydrogen) atoms. The van der Waals surface area contributed by atoms with Gasteiger partial charge in [-0.15, -0.1) is 0 Å². The van der Waals surface area contributed by atoms with E-state index in [-0.39, 0.29) is 24.4 Å². The summed E-state index contributed by atoms with van der Waals surface area (Å²) in [4.78, 5) is 12.9. The zero-order chi connectivity index (χ0) is 19.2. The molecule has 1 rings (SSSR count). The van der Waals surface area contributed by atoms with Crippen LogP contribution in [-0.4, -0.2) is 56.0 Å². The molecule has 0 aliphatic carbocycles. The normalized spacial score (nSPS) is 23.2. The van der Waals surface area contributed by atoms with Gasteiger partial charge in [0.15, 0.2) is 5.79 Å². The lowest BCUT2D eigenvalue weighted by Gasteiger charge is -2.40. The first kappa shape index (κ1) is 22.5. The van der Waals surface area contributed by atoms with Crippen LogP contribution in [0.25, 0.3) is 0 Å². The van der Waals surface area contributed by atoms with Crippen LogP contribution in [0.2, 0.25) is 0 Å². The molecular formula is C19H36O6. The molecule has 5 unspecified atom stereocenters. The summed E-state index contributed by atoms with van der Waals surface area (Å²) in [7, 11) is 1.55. The van der Waals surface area contributed by atoms with E-state index >= 15 is 0 Å². The standard InChI is InChI=1S/C19H36O6/c1-8-19(24-9-10-25-19)15(6)18(23-11-22-7)14(5)17(21)13(4)16(20)12(2)3/h12-16,18,20H,8-11H2,1-7H3. The molecule has 6 nitrogen and oxygen atoms in total. The van der Waals surface area contributed by atoms with E-state index in [1.807, 2.05) is 34.6 Å². The molecule has 0 saturated carbocycles. The highest BCUT2D eigenvalue weighted by molar-refractivity contribution is 5.84. The molecule has 148 valence electrons. The number of carbonyl (C=O) groups excluding carboxylic acids is 1. The Bertz CT molecular complexity index is 405. The molecule has 5 atom stereocenters. The quantitative estimate of drug-likeness (QED) is 0.571. The number of rotatable bonds is 11. The Morgan fingerprint density at radius 2 is 1.68 bits per heavy atom. The predicted molar refractivity (Wildman–Crippen MR) is 95.0 cm³/mol. The fraction of sp³-hybridized carbons (Fsp3) is 0.947. The average molecular weight is 360 g/mol. The molecule has 0 aromatic heterocycles. The van der Waals surface area contributed by atoms with Crippen LogP contribution in [0.3, 0.4) is 0 Å². The zero-order valence-electron chi connectivity index (χ0n) is 16.8. The molecule has 0 spiro atoms. The number of aliphatic hydroxyl groups excluding tert-OH is 1. The Kier molecular flexibility index (Phi) is 8.98. The molecule has 0 bridgehead atoms. The number of methoxy groups -OCH3 is 1. The number of aliphatic hydroxyl groups is 1. The van der Waals surface area contributed by atoms with E-state index in [0.29, 0.717) is 19.6 Å². The first-order valence-electron chi connectivity index (χ1n) is 9.32. The Hall–Kier alpha value is -0.530. The van der Waals surface area contributed by atoms with Gasteiger partial charge in [0.25, 0.3) is 0 Å². The maximum Gasteiger partial charge on any atom is 0.173 e. The van der Waals surface area contributed by atoms with E-state index in [1.54, 1.807) is 14.0 Å². The summed E-state index contributed by atoms with van der Waals surface area (Å²) < 4.78 is 22.7.